The molecule has 3 aliphatic heterocycles. The largest absolute Gasteiger partial charge is 0.459 e. The van der Waals surface area contributed by atoms with Gasteiger partial charge in [0.1, 0.15) is 30.5 Å². The Labute approximate surface area is 406 Å². The lowest BCUT2D eigenvalue weighted by atomic mass is 9.44. The number of carbonyl (C=O) groups excluding carboxylic acids is 2. The molecule has 7 aliphatic rings. The Kier molecular flexibility index (Phi) is 14.9. The standard InChI is InChI=1S/C54H74O15/c1-29(65-50(58)33-14-10-8-11-15-33)37-21-23-54(60)38-19-18-35-24-36(20-22-52(35,5)39(38)25-43(53(37,54)6)67-51(59)34-16-12-9-13-17-34)66-46-28-42(61-7)49(32(4)64-46)69-45-27-41(56)48(31(3)63-45)68-44-26-40(55)47(57)30(2)62-44/h8-18,29-32,36-49,55-57,60H,19-28H2,1-7H3/t29-,30-,31-,32-,36+,37-,38?,39?,40+,41-,42+,43-,44+,45+,46+,47-,48-,49-,52+,53+,54+/m1/s1. The van der Waals surface area contributed by atoms with Gasteiger partial charge in [-0.3, -0.25) is 0 Å². The maximum atomic E-state index is 14.0. The summed E-state index contributed by atoms with van der Waals surface area (Å²) < 4.78 is 56.5. The molecule has 0 radical (unpaired) electrons. The number of esters is 2. The zero-order valence-corrected chi connectivity index (χ0v) is 41.1. The summed E-state index contributed by atoms with van der Waals surface area (Å²) >= 11 is 0. The lowest BCUT2D eigenvalue weighted by Crippen LogP contribution is -2.67. The molecule has 4 aliphatic carbocycles. The van der Waals surface area contributed by atoms with E-state index >= 15 is 0 Å². The molecule has 0 amide bonds. The number of allylic oxidation sites excluding steroid dienone is 1. The highest BCUT2D eigenvalue weighted by Gasteiger charge is 2.72. The fraction of sp³-hybridized carbons (Fsp3) is 0.704. The minimum absolute atomic E-state index is 0.0176. The van der Waals surface area contributed by atoms with E-state index in [-0.39, 0.29) is 48.2 Å². The van der Waals surface area contributed by atoms with Crippen LogP contribution in [0.2, 0.25) is 0 Å². The highest BCUT2D eigenvalue weighted by molar-refractivity contribution is 5.90. The van der Waals surface area contributed by atoms with Gasteiger partial charge < -0.3 is 63.1 Å². The molecule has 2 unspecified atom stereocenters. The topological polar surface area (TPSA) is 198 Å². The van der Waals surface area contributed by atoms with E-state index in [1.54, 1.807) is 45.2 Å². The van der Waals surface area contributed by atoms with E-state index in [0.717, 1.165) is 12.8 Å². The molecule has 15 heteroatoms. The second kappa shape index (κ2) is 20.3. The summed E-state index contributed by atoms with van der Waals surface area (Å²) in [6, 6.07) is 17.9. The summed E-state index contributed by atoms with van der Waals surface area (Å²) in [4.78, 5) is 27.3. The van der Waals surface area contributed by atoms with Crippen LogP contribution in [0, 0.1) is 28.6 Å². The molecule has 2 aromatic carbocycles. The predicted molar refractivity (Wildman–Crippen MR) is 249 cm³/mol. The molecule has 0 aromatic heterocycles. The number of ether oxygens (including phenoxy) is 9. The van der Waals surface area contributed by atoms with Crippen LogP contribution in [0.15, 0.2) is 72.3 Å². The van der Waals surface area contributed by atoms with Crippen LogP contribution in [0.4, 0.5) is 0 Å². The summed E-state index contributed by atoms with van der Waals surface area (Å²) in [5.74, 6) is -1.19. The summed E-state index contributed by atoms with van der Waals surface area (Å²) in [5.41, 5.74) is -0.174. The lowest BCUT2D eigenvalue weighted by Gasteiger charge is -2.63. The Bertz CT molecular complexity index is 2100. The van der Waals surface area contributed by atoms with E-state index < -0.39 is 103 Å². The van der Waals surface area contributed by atoms with Crippen LogP contribution in [-0.4, -0.2) is 137 Å². The summed E-state index contributed by atoms with van der Waals surface area (Å²) in [6.07, 6.45) is -2.01. The van der Waals surface area contributed by atoms with Gasteiger partial charge >= 0.3 is 11.9 Å². The third-order valence-electron chi connectivity index (χ3n) is 17.7. The van der Waals surface area contributed by atoms with Gasteiger partial charge in [0.05, 0.1) is 59.5 Å². The van der Waals surface area contributed by atoms with Gasteiger partial charge in [-0.1, -0.05) is 61.9 Å². The fourth-order valence-corrected chi connectivity index (χ4v) is 13.8. The summed E-state index contributed by atoms with van der Waals surface area (Å²) in [5, 5.41) is 44.8. The number of hydrogen-bond donors (Lipinski definition) is 4. The van der Waals surface area contributed by atoms with Crippen LogP contribution in [0.3, 0.4) is 0 Å². The first kappa shape index (κ1) is 50.6. The number of rotatable bonds is 12. The minimum atomic E-state index is -1.19. The predicted octanol–water partition coefficient (Wildman–Crippen LogP) is 6.42. The molecule has 380 valence electrons. The number of carbonyl (C=O) groups is 2. The van der Waals surface area contributed by atoms with Crippen molar-refractivity contribution in [2.45, 2.75) is 203 Å². The van der Waals surface area contributed by atoms with Gasteiger partial charge in [-0.05, 0) is 114 Å². The van der Waals surface area contributed by atoms with Gasteiger partial charge in [-0.25, -0.2) is 9.59 Å². The highest BCUT2D eigenvalue weighted by Crippen LogP contribution is 2.69. The Morgan fingerprint density at radius 3 is 1.94 bits per heavy atom. The van der Waals surface area contributed by atoms with Gasteiger partial charge in [0, 0.05) is 37.7 Å². The molecule has 0 bridgehead atoms. The Morgan fingerprint density at radius 2 is 1.30 bits per heavy atom. The zero-order chi connectivity index (χ0) is 49.0. The average molecular weight is 963 g/mol. The van der Waals surface area contributed by atoms with Crippen LogP contribution in [0.5, 0.6) is 0 Å². The zero-order valence-electron chi connectivity index (χ0n) is 41.1. The van der Waals surface area contributed by atoms with E-state index in [2.05, 4.69) is 19.9 Å². The average Bonchev–Trinajstić information content (AvgIpc) is 3.62. The number of hydrogen-bond acceptors (Lipinski definition) is 15. The van der Waals surface area contributed by atoms with Crippen molar-refractivity contribution in [1.82, 2.24) is 0 Å². The lowest BCUT2D eigenvalue weighted by molar-refractivity contribution is -0.336. The summed E-state index contributed by atoms with van der Waals surface area (Å²) in [7, 11) is 1.64. The van der Waals surface area contributed by atoms with Crippen molar-refractivity contribution in [2.24, 2.45) is 28.6 Å². The van der Waals surface area contributed by atoms with Crippen molar-refractivity contribution >= 4 is 11.9 Å². The van der Waals surface area contributed by atoms with E-state index in [1.165, 1.54) is 5.57 Å². The van der Waals surface area contributed by atoms with Gasteiger partial charge in [0.2, 0.25) is 0 Å². The van der Waals surface area contributed by atoms with Crippen LogP contribution >= 0.6 is 0 Å². The van der Waals surface area contributed by atoms with E-state index in [1.807, 2.05) is 50.2 Å². The third kappa shape index (κ3) is 9.60. The smallest absolute Gasteiger partial charge is 0.338 e. The Morgan fingerprint density at radius 1 is 0.710 bits per heavy atom. The first-order chi connectivity index (χ1) is 32.9. The third-order valence-corrected chi connectivity index (χ3v) is 17.7. The number of aliphatic hydroxyl groups excluding tert-OH is 3. The van der Waals surface area contributed by atoms with Gasteiger partial charge in [-0.15, -0.1) is 0 Å². The van der Waals surface area contributed by atoms with Crippen molar-refractivity contribution in [3.63, 3.8) is 0 Å². The number of methoxy groups -OCH3 is 1. The van der Waals surface area contributed by atoms with Crippen molar-refractivity contribution in [1.29, 1.82) is 0 Å². The first-order valence-corrected chi connectivity index (χ1v) is 25.4. The normalized spacial score (nSPS) is 44.7. The van der Waals surface area contributed by atoms with Gasteiger partial charge in [-0.2, -0.15) is 0 Å². The Balaban J connectivity index is 0.854. The fourth-order valence-electron chi connectivity index (χ4n) is 13.8. The van der Waals surface area contributed by atoms with Crippen LogP contribution in [0.1, 0.15) is 126 Å². The second-order valence-electron chi connectivity index (χ2n) is 21.5. The van der Waals surface area contributed by atoms with Crippen molar-refractivity contribution in [3.05, 3.63) is 83.4 Å². The number of fused-ring (bicyclic) bond motifs is 5. The van der Waals surface area contributed by atoms with E-state index in [9.17, 15) is 30.0 Å². The molecule has 0 spiro atoms. The second-order valence-corrected chi connectivity index (χ2v) is 21.5. The number of benzene rings is 2. The molecule has 3 saturated heterocycles. The van der Waals surface area contributed by atoms with Crippen LogP contribution in [-0.2, 0) is 42.6 Å². The molecule has 21 atom stereocenters. The minimum Gasteiger partial charge on any atom is -0.459 e. The molecule has 2 aromatic rings. The van der Waals surface area contributed by atoms with Gasteiger partial charge in [0.15, 0.2) is 18.9 Å². The maximum absolute atomic E-state index is 14.0. The molecular formula is C54H74O15. The molecule has 9 rings (SSSR count). The molecule has 4 N–H and O–H groups in total. The van der Waals surface area contributed by atoms with E-state index in [4.69, 9.17) is 42.6 Å². The van der Waals surface area contributed by atoms with Crippen molar-refractivity contribution < 1.29 is 72.6 Å². The molecule has 3 heterocycles. The van der Waals surface area contributed by atoms with Gasteiger partial charge in [0.25, 0.3) is 0 Å². The molecular weight excluding hydrogens is 889 g/mol. The molecule has 3 saturated carbocycles. The maximum Gasteiger partial charge on any atom is 0.338 e. The first-order valence-electron chi connectivity index (χ1n) is 25.4. The highest BCUT2D eigenvalue weighted by atomic mass is 16.7. The summed E-state index contributed by atoms with van der Waals surface area (Å²) in [6.45, 7) is 11.7. The molecule has 15 nitrogen and oxygen atoms in total. The SMILES string of the molecule is CO[C@H]1C[C@H](O[C@H]2CC[C@@]3(C)C(=CCC4C3C[C@@H](OC(=O)c3ccccc3)[C@]3(C)[C@@H]([C@@H](C)OC(=O)c5ccccc5)CC[C@]43O)C2)O[C@H](C)[C@H]1O[C@H]1C[C@@H](O)[C@H](O[C@H]2C[C@H](O)[C@H](O)[C@@H](C)O2)[C@@H](C)O1. The van der Waals surface area contributed by atoms with E-state index in [0.29, 0.717) is 49.7 Å². The van der Waals surface area contributed by atoms with Crippen molar-refractivity contribution in [3.8, 4) is 0 Å². The van der Waals surface area contributed by atoms with Crippen LogP contribution in [0.25, 0.3) is 0 Å². The molecule has 69 heavy (non-hydrogen) atoms. The van der Waals surface area contributed by atoms with Crippen molar-refractivity contribution in [2.75, 3.05) is 7.11 Å². The molecule has 6 fully saturated rings. The monoisotopic (exact) mass is 963 g/mol. The van der Waals surface area contributed by atoms with Crippen LogP contribution < -0.4 is 0 Å². The number of aliphatic hydroxyl groups is 4. The Hall–Kier alpha value is -3.32. The quantitative estimate of drug-likeness (QED) is 0.134.